The summed E-state index contributed by atoms with van der Waals surface area (Å²) in [5.41, 5.74) is 0.924. The number of hydrogen-bond acceptors (Lipinski definition) is 6. The molecule has 0 saturated carbocycles. The molecule has 0 radical (unpaired) electrons. The lowest BCUT2D eigenvalue weighted by Crippen LogP contribution is -2.53. The van der Waals surface area contributed by atoms with Gasteiger partial charge in [-0.2, -0.15) is 16.9 Å². The van der Waals surface area contributed by atoms with E-state index in [1.54, 1.807) is 30.8 Å². The van der Waals surface area contributed by atoms with E-state index in [0.29, 0.717) is 23.7 Å². The molecule has 26 heavy (non-hydrogen) atoms. The number of hydrogen-bond donors (Lipinski definition) is 0. The molecule has 8 heteroatoms. The first kappa shape index (κ1) is 18.4. The summed E-state index contributed by atoms with van der Waals surface area (Å²) in [4.78, 5) is 38.9. The van der Waals surface area contributed by atoms with Crippen molar-refractivity contribution in [1.29, 1.82) is 0 Å². The maximum absolute atomic E-state index is 13.0. The van der Waals surface area contributed by atoms with Gasteiger partial charge in [0.25, 0.3) is 5.91 Å². The molecule has 1 aromatic carbocycles. The second kappa shape index (κ2) is 8.35. The van der Waals surface area contributed by atoms with Crippen LogP contribution < -0.4 is 5.01 Å². The van der Waals surface area contributed by atoms with Crippen LogP contribution in [0, 0.1) is 0 Å². The van der Waals surface area contributed by atoms with Gasteiger partial charge in [0, 0.05) is 30.9 Å². The predicted molar refractivity (Wildman–Crippen MR) is 100 cm³/mol. The lowest BCUT2D eigenvalue weighted by Gasteiger charge is -2.34. The van der Waals surface area contributed by atoms with Gasteiger partial charge < -0.3 is 9.64 Å². The Kier molecular flexibility index (Phi) is 5.92. The van der Waals surface area contributed by atoms with Crippen molar-refractivity contribution in [3.05, 3.63) is 30.3 Å². The fourth-order valence-electron chi connectivity index (χ4n) is 2.92. The molecule has 0 N–H and O–H groups in total. The van der Waals surface area contributed by atoms with Crippen LogP contribution in [0.4, 0.5) is 5.69 Å². The van der Waals surface area contributed by atoms with Gasteiger partial charge in [0.2, 0.25) is 5.91 Å². The highest BCUT2D eigenvalue weighted by Crippen LogP contribution is 2.23. The average Bonchev–Trinajstić information content (AvgIpc) is 2.68. The van der Waals surface area contributed by atoms with Crippen LogP contribution in [-0.2, 0) is 19.1 Å². The van der Waals surface area contributed by atoms with Crippen LogP contribution in [0.25, 0.3) is 0 Å². The molecule has 1 unspecified atom stereocenters. The highest BCUT2D eigenvalue weighted by molar-refractivity contribution is 7.99. The Morgan fingerprint density at radius 1 is 1.27 bits per heavy atom. The zero-order chi connectivity index (χ0) is 18.5. The summed E-state index contributed by atoms with van der Waals surface area (Å²) in [7, 11) is 0. The second-order valence-corrected chi connectivity index (χ2v) is 7.08. The SMILES string of the molecule is CCOC(=O)C1CSCCN1C(=O)C1=NN(c2ccccc2)C(=O)CC1. The molecule has 3 rings (SSSR count). The highest BCUT2D eigenvalue weighted by Gasteiger charge is 2.37. The summed E-state index contributed by atoms with van der Waals surface area (Å²) >= 11 is 1.62. The van der Waals surface area contributed by atoms with Crippen LogP contribution in [0.15, 0.2) is 35.4 Å². The van der Waals surface area contributed by atoms with E-state index in [9.17, 15) is 14.4 Å². The molecular formula is C18H21N3O4S. The first-order valence-corrected chi connectivity index (χ1v) is 9.78. The Bertz CT molecular complexity index is 722. The Balaban J connectivity index is 1.83. The van der Waals surface area contributed by atoms with Crippen LogP contribution in [0.3, 0.4) is 0 Å². The number of thioether (sulfide) groups is 1. The van der Waals surface area contributed by atoms with Gasteiger partial charge in [-0.3, -0.25) is 9.59 Å². The van der Waals surface area contributed by atoms with E-state index in [-0.39, 0.29) is 37.2 Å². The highest BCUT2D eigenvalue weighted by atomic mass is 32.2. The standard InChI is InChI=1S/C18H21N3O4S/c1-2-25-18(24)15-12-26-11-10-20(15)17(23)14-8-9-16(22)21(19-14)13-6-4-3-5-7-13/h3-7,15H,2,8-12H2,1H3. The summed E-state index contributed by atoms with van der Waals surface area (Å²) in [5, 5.41) is 5.57. The zero-order valence-corrected chi connectivity index (χ0v) is 15.4. The molecule has 2 aliphatic heterocycles. The number of ether oxygens (including phenoxy) is 1. The van der Waals surface area contributed by atoms with E-state index < -0.39 is 6.04 Å². The Morgan fingerprint density at radius 2 is 2.04 bits per heavy atom. The number of anilines is 1. The van der Waals surface area contributed by atoms with Crippen molar-refractivity contribution < 1.29 is 19.1 Å². The number of nitrogens with zero attached hydrogens (tertiary/aromatic N) is 3. The summed E-state index contributed by atoms with van der Waals surface area (Å²) in [6, 6.07) is 8.41. The largest absolute Gasteiger partial charge is 0.464 e. The monoisotopic (exact) mass is 375 g/mol. The number of rotatable bonds is 4. The number of hydrazone groups is 1. The predicted octanol–water partition coefficient (Wildman–Crippen LogP) is 1.68. The molecule has 0 aliphatic carbocycles. The molecule has 138 valence electrons. The molecule has 2 amide bonds. The molecule has 0 spiro atoms. The average molecular weight is 375 g/mol. The topological polar surface area (TPSA) is 79.3 Å². The number of carbonyl (C=O) groups excluding carboxylic acids is 3. The number of amides is 2. The zero-order valence-electron chi connectivity index (χ0n) is 14.6. The molecule has 2 heterocycles. The van der Waals surface area contributed by atoms with Crippen molar-refractivity contribution in [2.45, 2.75) is 25.8 Å². The van der Waals surface area contributed by atoms with Gasteiger partial charge in [-0.1, -0.05) is 18.2 Å². The van der Waals surface area contributed by atoms with Crippen molar-refractivity contribution in [2.75, 3.05) is 29.7 Å². The summed E-state index contributed by atoms with van der Waals surface area (Å²) in [6.45, 7) is 2.49. The summed E-state index contributed by atoms with van der Waals surface area (Å²) in [6.07, 6.45) is 0.492. The molecule has 7 nitrogen and oxygen atoms in total. The second-order valence-electron chi connectivity index (χ2n) is 5.93. The minimum atomic E-state index is -0.605. The third kappa shape index (κ3) is 3.90. The van der Waals surface area contributed by atoms with E-state index in [1.807, 2.05) is 18.2 Å². The number of benzene rings is 1. The van der Waals surface area contributed by atoms with Crippen molar-refractivity contribution in [2.24, 2.45) is 5.10 Å². The van der Waals surface area contributed by atoms with E-state index >= 15 is 0 Å². The van der Waals surface area contributed by atoms with Gasteiger partial charge in [-0.05, 0) is 19.1 Å². The lowest BCUT2D eigenvalue weighted by molar-refractivity contribution is -0.152. The number of carbonyl (C=O) groups is 3. The number of esters is 1. The van der Waals surface area contributed by atoms with Crippen LogP contribution in [0.5, 0.6) is 0 Å². The molecular weight excluding hydrogens is 354 g/mol. The summed E-state index contributed by atoms with van der Waals surface area (Å²) in [5.74, 6) is 0.441. The number of para-hydroxylation sites is 1. The third-order valence-electron chi connectivity index (χ3n) is 4.23. The van der Waals surface area contributed by atoms with E-state index in [1.165, 1.54) is 9.91 Å². The van der Waals surface area contributed by atoms with Crippen molar-refractivity contribution >= 4 is 40.9 Å². The van der Waals surface area contributed by atoms with Crippen molar-refractivity contribution in [3.8, 4) is 0 Å². The van der Waals surface area contributed by atoms with Crippen LogP contribution in [-0.4, -0.2) is 59.1 Å². The first-order chi connectivity index (χ1) is 12.6. The molecule has 0 bridgehead atoms. The summed E-state index contributed by atoms with van der Waals surface area (Å²) < 4.78 is 5.11. The van der Waals surface area contributed by atoms with Crippen molar-refractivity contribution in [1.82, 2.24) is 4.90 Å². The van der Waals surface area contributed by atoms with E-state index in [4.69, 9.17) is 4.74 Å². The van der Waals surface area contributed by atoms with Crippen LogP contribution in [0.2, 0.25) is 0 Å². The molecule has 1 atom stereocenters. The first-order valence-electron chi connectivity index (χ1n) is 8.62. The fraction of sp³-hybridized carbons (Fsp3) is 0.444. The molecule has 1 fully saturated rings. The van der Waals surface area contributed by atoms with Gasteiger partial charge in [-0.25, -0.2) is 9.80 Å². The van der Waals surface area contributed by atoms with Crippen LogP contribution >= 0.6 is 11.8 Å². The van der Waals surface area contributed by atoms with Gasteiger partial charge in [0.05, 0.1) is 12.3 Å². The smallest absolute Gasteiger partial charge is 0.329 e. The maximum atomic E-state index is 13.0. The molecule has 1 aromatic rings. The molecule has 0 aromatic heterocycles. The quantitative estimate of drug-likeness (QED) is 0.748. The van der Waals surface area contributed by atoms with Crippen molar-refractivity contribution in [3.63, 3.8) is 0 Å². The Morgan fingerprint density at radius 3 is 2.77 bits per heavy atom. The maximum Gasteiger partial charge on any atom is 0.329 e. The Labute approximate surface area is 156 Å². The van der Waals surface area contributed by atoms with Gasteiger partial charge in [0.15, 0.2) is 0 Å². The van der Waals surface area contributed by atoms with E-state index in [2.05, 4.69) is 5.10 Å². The minimum absolute atomic E-state index is 0.149. The molecule has 1 saturated heterocycles. The van der Waals surface area contributed by atoms with Gasteiger partial charge in [0.1, 0.15) is 11.8 Å². The normalized spacial score (nSPS) is 20.6. The van der Waals surface area contributed by atoms with E-state index in [0.717, 1.165) is 5.75 Å². The minimum Gasteiger partial charge on any atom is -0.464 e. The molecule has 2 aliphatic rings. The lowest BCUT2D eigenvalue weighted by atomic mass is 10.1. The van der Waals surface area contributed by atoms with Gasteiger partial charge in [-0.15, -0.1) is 0 Å². The van der Waals surface area contributed by atoms with Crippen LogP contribution in [0.1, 0.15) is 19.8 Å². The third-order valence-corrected chi connectivity index (χ3v) is 5.25. The van der Waals surface area contributed by atoms with Gasteiger partial charge >= 0.3 is 5.97 Å². The Hall–Kier alpha value is -2.35. The fourth-order valence-corrected chi connectivity index (χ4v) is 3.96.